The first-order valence-corrected chi connectivity index (χ1v) is 8.78. The van der Waals surface area contributed by atoms with E-state index in [-0.39, 0.29) is 24.0 Å². The minimum atomic E-state index is -0.486. The van der Waals surface area contributed by atoms with Gasteiger partial charge in [0.2, 0.25) is 0 Å². The molecule has 3 rings (SSSR count). The smallest absolute Gasteiger partial charge is 0.254 e. The Bertz CT molecular complexity index is 1000. The first-order valence-electron chi connectivity index (χ1n) is 8.78. The molecule has 0 saturated carbocycles. The van der Waals surface area contributed by atoms with Crippen LogP contribution in [0.4, 0.5) is 4.39 Å². The van der Waals surface area contributed by atoms with Gasteiger partial charge in [-0.05, 0) is 23.8 Å². The van der Waals surface area contributed by atoms with E-state index in [2.05, 4.69) is 0 Å². The highest BCUT2D eigenvalue weighted by molar-refractivity contribution is 6.15. The fourth-order valence-electron chi connectivity index (χ4n) is 2.97. The number of carbonyl (C=O) groups is 2. The van der Waals surface area contributed by atoms with Crippen LogP contribution in [0.3, 0.4) is 0 Å². The van der Waals surface area contributed by atoms with Crippen LogP contribution in [0.15, 0.2) is 72.8 Å². The molecule has 5 heteroatoms. The van der Waals surface area contributed by atoms with E-state index in [1.54, 1.807) is 61.6 Å². The second-order valence-corrected chi connectivity index (χ2v) is 6.37. The molecule has 0 aliphatic rings. The van der Waals surface area contributed by atoms with Gasteiger partial charge in [0, 0.05) is 24.7 Å². The molecule has 0 fully saturated rings. The predicted octanol–water partition coefficient (Wildman–Crippen LogP) is 4.34. The number of ketones is 1. The van der Waals surface area contributed by atoms with Gasteiger partial charge in [-0.1, -0.05) is 54.6 Å². The molecule has 0 bridgehead atoms. The monoisotopic (exact) mass is 377 g/mol. The van der Waals surface area contributed by atoms with Crippen molar-refractivity contribution in [3.63, 3.8) is 0 Å². The van der Waals surface area contributed by atoms with Crippen LogP contribution in [-0.4, -0.2) is 30.7 Å². The van der Waals surface area contributed by atoms with E-state index >= 15 is 0 Å². The Morgan fingerprint density at radius 1 is 0.929 bits per heavy atom. The topological polar surface area (TPSA) is 46.6 Å². The third-order valence-corrected chi connectivity index (χ3v) is 4.42. The fraction of sp³-hybridized carbons (Fsp3) is 0.130. The molecule has 0 radical (unpaired) electrons. The number of hydrogen-bond acceptors (Lipinski definition) is 3. The zero-order valence-corrected chi connectivity index (χ0v) is 15.7. The lowest BCUT2D eigenvalue weighted by molar-refractivity contribution is 0.0780. The van der Waals surface area contributed by atoms with Gasteiger partial charge in [0.1, 0.15) is 0 Å². The van der Waals surface area contributed by atoms with Crippen LogP contribution in [0, 0.1) is 5.82 Å². The predicted molar refractivity (Wildman–Crippen MR) is 105 cm³/mol. The summed E-state index contributed by atoms with van der Waals surface area (Å²) in [5.74, 6) is -0.860. The van der Waals surface area contributed by atoms with Crippen molar-refractivity contribution in [1.29, 1.82) is 0 Å². The Morgan fingerprint density at radius 2 is 1.57 bits per heavy atom. The van der Waals surface area contributed by atoms with Gasteiger partial charge in [-0.15, -0.1) is 0 Å². The van der Waals surface area contributed by atoms with Crippen molar-refractivity contribution in [3.05, 3.63) is 101 Å². The standard InChI is InChI=1S/C23H20FNO3/c1-25(15-16-12-13-21(28-2)20(24)14-16)23(27)19-11-7-6-10-18(19)22(26)17-8-4-3-5-9-17/h3-14H,15H2,1-2H3. The molecule has 28 heavy (non-hydrogen) atoms. The molecule has 0 atom stereocenters. The first kappa shape index (κ1) is 19.3. The second kappa shape index (κ2) is 8.48. The summed E-state index contributed by atoms with van der Waals surface area (Å²) in [4.78, 5) is 27.3. The molecule has 0 aromatic heterocycles. The third-order valence-electron chi connectivity index (χ3n) is 4.42. The Morgan fingerprint density at radius 3 is 2.21 bits per heavy atom. The number of halogens is 1. The maximum atomic E-state index is 13.9. The second-order valence-electron chi connectivity index (χ2n) is 6.37. The Balaban J connectivity index is 1.84. The number of ether oxygens (including phenoxy) is 1. The average molecular weight is 377 g/mol. The zero-order chi connectivity index (χ0) is 20.1. The number of methoxy groups -OCH3 is 1. The molecular formula is C23H20FNO3. The van der Waals surface area contributed by atoms with E-state index in [0.717, 1.165) is 0 Å². The quantitative estimate of drug-likeness (QED) is 0.601. The summed E-state index contributed by atoms with van der Waals surface area (Å²) in [5.41, 5.74) is 1.79. The molecule has 4 nitrogen and oxygen atoms in total. The minimum absolute atomic E-state index is 0.150. The number of rotatable bonds is 6. The molecule has 1 amide bonds. The third kappa shape index (κ3) is 4.09. The number of amides is 1. The van der Waals surface area contributed by atoms with Crippen LogP contribution in [0.25, 0.3) is 0 Å². The summed E-state index contributed by atoms with van der Waals surface area (Å²) in [6.45, 7) is 0.202. The molecule has 0 N–H and O–H groups in total. The molecule has 0 unspecified atom stereocenters. The summed E-state index contributed by atoms with van der Waals surface area (Å²) < 4.78 is 18.8. The van der Waals surface area contributed by atoms with E-state index in [1.165, 1.54) is 24.1 Å². The fourth-order valence-corrected chi connectivity index (χ4v) is 2.97. The van der Waals surface area contributed by atoms with Gasteiger partial charge in [0.25, 0.3) is 5.91 Å². The van der Waals surface area contributed by atoms with Crippen molar-refractivity contribution in [2.45, 2.75) is 6.54 Å². The van der Waals surface area contributed by atoms with E-state index in [4.69, 9.17) is 4.74 Å². The lowest BCUT2D eigenvalue weighted by Crippen LogP contribution is -2.28. The van der Waals surface area contributed by atoms with Gasteiger partial charge in [-0.25, -0.2) is 4.39 Å². The van der Waals surface area contributed by atoms with E-state index < -0.39 is 5.82 Å². The normalized spacial score (nSPS) is 10.4. The molecule has 0 aliphatic heterocycles. The van der Waals surface area contributed by atoms with E-state index in [0.29, 0.717) is 22.3 Å². The molecule has 0 saturated heterocycles. The van der Waals surface area contributed by atoms with Crippen LogP contribution < -0.4 is 4.74 Å². The van der Waals surface area contributed by atoms with Crippen molar-refractivity contribution in [1.82, 2.24) is 4.90 Å². The van der Waals surface area contributed by atoms with Gasteiger partial charge in [-0.3, -0.25) is 9.59 Å². The summed E-state index contributed by atoms with van der Waals surface area (Å²) in [6, 6.07) is 20.1. The maximum absolute atomic E-state index is 13.9. The first-order chi connectivity index (χ1) is 13.5. The number of carbonyl (C=O) groups excluding carboxylic acids is 2. The lowest BCUT2D eigenvalue weighted by Gasteiger charge is -2.19. The van der Waals surface area contributed by atoms with Crippen LogP contribution in [0.1, 0.15) is 31.8 Å². The molecule has 0 aliphatic carbocycles. The molecule has 0 spiro atoms. The summed E-state index contributed by atoms with van der Waals surface area (Å²) in [5, 5.41) is 0. The van der Waals surface area contributed by atoms with Gasteiger partial charge >= 0.3 is 0 Å². The maximum Gasteiger partial charge on any atom is 0.254 e. The van der Waals surface area contributed by atoms with Crippen molar-refractivity contribution in [3.8, 4) is 5.75 Å². The molecule has 0 heterocycles. The van der Waals surface area contributed by atoms with Gasteiger partial charge < -0.3 is 9.64 Å². The van der Waals surface area contributed by atoms with Crippen molar-refractivity contribution < 1.29 is 18.7 Å². The number of benzene rings is 3. The Hall–Kier alpha value is -3.47. The van der Waals surface area contributed by atoms with Crippen molar-refractivity contribution in [2.75, 3.05) is 14.2 Å². The van der Waals surface area contributed by atoms with Crippen LogP contribution >= 0.6 is 0 Å². The van der Waals surface area contributed by atoms with Gasteiger partial charge in [0.15, 0.2) is 17.3 Å². The van der Waals surface area contributed by atoms with Crippen molar-refractivity contribution in [2.24, 2.45) is 0 Å². The highest BCUT2D eigenvalue weighted by Crippen LogP contribution is 2.20. The largest absolute Gasteiger partial charge is 0.494 e. The Labute approximate surface area is 163 Å². The minimum Gasteiger partial charge on any atom is -0.494 e. The summed E-state index contributed by atoms with van der Waals surface area (Å²) >= 11 is 0. The molecule has 3 aromatic carbocycles. The zero-order valence-electron chi connectivity index (χ0n) is 15.7. The summed E-state index contributed by atoms with van der Waals surface area (Å²) in [6.07, 6.45) is 0. The van der Waals surface area contributed by atoms with E-state index in [1.807, 2.05) is 6.07 Å². The molecule has 3 aromatic rings. The summed E-state index contributed by atoms with van der Waals surface area (Å²) in [7, 11) is 3.02. The van der Waals surface area contributed by atoms with Crippen LogP contribution in [0.5, 0.6) is 5.75 Å². The molecular weight excluding hydrogens is 357 g/mol. The van der Waals surface area contributed by atoms with Gasteiger partial charge in [-0.2, -0.15) is 0 Å². The number of nitrogens with zero attached hydrogens (tertiary/aromatic N) is 1. The number of hydrogen-bond donors (Lipinski definition) is 0. The highest BCUT2D eigenvalue weighted by Gasteiger charge is 2.21. The van der Waals surface area contributed by atoms with E-state index in [9.17, 15) is 14.0 Å². The molecule has 142 valence electrons. The lowest BCUT2D eigenvalue weighted by atomic mass is 9.97. The SMILES string of the molecule is COc1ccc(CN(C)C(=O)c2ccccc2C(=O)c2ccccc2)cc1F. The Kier molecular flexibility index (Phi) is 5.84. The van der Waals surface area contributed by atoms with Gasteiger partial charge in [0.05, 0.1) is 12.7 Å². The van der Waals surface area contributed by atoms with Crippen LogP contribution in [0.2, 0.25) is 0 Å². The average Bonchev–Trinajstić information content (AvgIpc) is 2.73. The van der Waals surface area contributed by atoms with Crippen LogP contribution in [-0.2, 0) is 6.54 Å². The van der Waals surface area contributed by atoms with Crippen molar-refractivity contribution >= 4 is 11.7 Å². The highest BCUT2D eigenvalue weighted by atomic mass is 19.1.